The van der Waals surface area contributed by atoms with Gasteiger partial charge in [-0.2, -0.15) is 0 Å². The zero-order valence-electron chi connectivity index (χ0n) is 18.6. The summed E-state index contributed by atoms with van der Waals surface area (Å²) in [7, 11) is 0. The Labute approximate surface area is 186 Å². The maximum absolute atomic E-state index is 13.8. The molecule has 1 saturated heterocycles. The summed E-state index contributed by atoms with van der Waals surface area (Å²) in [6.07, 6.45) is 2.20. The van der Waals surface area contributed by atoms with E-state index in [9.17, 15) is 22.8 Å². The number of rotatable bonds is 7. The largest absolute Gasteiger partial charge is 0.322 e. The normalized spacial score (nSPS) is 16.2. The molecule has 1 heterocycles. The minimum absolute atomic E-state index is 0.110. The van der Waals surface area contributed by atoms with Crippen molar-refractivity contribution in [2.24, 2.45) is 11.8 Å². The van der Waals surface area contributed by atoms with Crippen LogP contribution in [0, 0.1) is 29.3 Å². The highest BCUT2D eigenvalue weighted by atomic mass is 19.2. The Hall–Kier alpha value is -2.67. The van der Waals surface area contributed by atoms with Gasteiger partial charge in [0.2, 0.25) is 5.91 Å². The second-order valence-electron chi connectivity index (χ2n) is 8.86. The first-order valence-corrected chi connectivity index (χ1v) is 11.0. The molecule has 2 aromatic rings. The van der Waals surface area contributed by atoms with Gasteiger partial charge in [0.1, 0.15) is 0 Å². The average Bonchev–Trinajstić information content (AvgIpc) is 2.78. The summed E-state index contributed by atoms with van der Waals surface area (Å²) in [5, 5.41) is 2.32. The first kappa shape index (κ1) is 24.0. The van der Waals surface area contributed by atoms with Crippen LogP contribution in [0.15, 0.2) is 36.4 Å². The molecular weight excluding hydrogens is 417 g/mol. The lowest BCUT2D eigenvalue weighted by Crippen LogP contribution is -2.47. The Bertz CT molecular complexity index is 968. The van der Waals surface area contributed by atoms with Crippen molar-refractivity contribution in [1.29, 1.82) is 0 Å². The van der Waals surface area contributed by atoms with E-state index < -0.39 is 35.1 Å². The molecule has 1 aliphatic rings. The zero-order chi connectivity index (χ0) is 23.4. The monoisotopic (exact) mass is 446 g/mol. The molecule has 7 heteroatoms. The molecule has 4 nitrogen and oxygen atoms in total. The van der Waals surface area contributed by atoms with Crippen LogP contribution in [0.25, 0.3) is 0 Å². The minimum Gasteiger partial charge on any atom is -0.322 e. The van der Waals surface area contributed by atoms with Gasteiger partial charge in [-0.3, -0.25) is 14.5 Å². The van der Waals surface area contributed by atoms with Crippen LogP contribution in [-0.2, 0) is 11.2 Å². The van der Waals surface area contributed by atoms with E-state index >= 15 is 0 Å². The second kappa shape index (κ2) is 10.3. The van der Waals surface area contributed by atoms with E-state index in [1.165, 1.54) is 5.56 Å². The van der Waals surface area contributed by atoms with Crippen molar-refractivity contribution < 1.29 is 22.8 Å². The highest BCUT2D eigenvalue weighted by Crippen LogP contribution is 2.25. The summed E-state index contributed by atoms with van der Waals surface area (Å²) in [4.78, 5) is 27.3. The van der Waals surface area contributed by atoms with Crippen LogP contribution in [0.2, 0.25) is 0 Å². The van der Waals surface area contributed by atoms with E-state index in [1.54, 1.807) is 6.92 Å². The fourth-order valence-corrected chi connectivity index (χ4v) is 4.09. The van der Waals surface area contributed by atoms with Crippen molar-refractivity contribution in [1.82, 2.24) is 4.90 Å². The van der Waals surface area contributed by atoms with Crippen LogP contribution in [0.4, 0.5) is 18.9 Å². The van der Waals surface area contributed by atoms with Gasteiger partial charge in [-0.1, -0.05) is 38.1 Å². The van der Waals surface area contributed by atoms with Crippen LogP contribution in [0.3, 0.4) is 0 Å². The van der Waals surface area contributed by atoms with E-state index in [0.717, 1.165) is 18.6 Å². The first-order valence-electron chi connectivity index (χ1n) is 11.0. The number of amides is 1. The van der Waals surface area contributed by atoms with Crippen LogP contribution in [-0.4, -0.2) is 35.7 Å². The molecule has 0 aromatic heterocycles. The van der Waals surface area contributed by atoms with Gasteiger partial charge >= 0.3 is 0 Å². The molecule has 3 rings (SSSR count). The number of halogens is 3. The van der Waals surface area contributed by atoms with Crippen LogP contribution in [0.5, 0.6) is 0 Å². The number of likely N-dealkylation sites (tertiary alicyclic amines) is 1. The predicted octanol–water partition coefficient (Wildman–Crippen LogP) is 5.22. The molecule has 1 N–H and O–H groups in total. The molecule has 0 spiro atoms. The molecule has 2 aromatic carbocycles. The Morgan fingerprint density at radius 1 is 0.969 bits per heavy atom. The summed E-state index contributed by atoms with van der Waals surface area (Å²) in [6, 6.07) is 8.95. The lowest BCUT2D eigenvalue weighted by Gasteiger charge is -2.34. The third-order valence-corrected chi connectivity index (χ3v) is 6.00. The van der Waals surface area contributed by atoms with Gasteiger partial charge in [-0.25, -0.2) is 13.2 Å². The quantitative estimate of drug-likeness (QED) is 0.468. The summed E-state index contributed by atoms with van der Waals surface area (Å²) in [6.45, 7) is 7.06. The second-order valence-corrected chi connectivity index (χ2v) is 8.86. The van der Waals surface area contributed by atoms with Gasteiger partial charge in [-0.15, -0.1) is 0 Å². The van der Waals surface area contributed by atoms with Crippen LogP contribution >= 0.6 is 0 Å². The van der Waals surface area contributed by atoms with Gasteiger partial charge in [0.25, 0.3) is 0 Å². The van der Waals surface area contributed by atoms with Crippen molar-refractivity contribution in [3.8, 4) is 0 Å². The number of hydrogen-bond acceptors (Lipinski definition) is 3. The molecule has 0 saturated carbocycles. The number of carbonyl (C=O) groups excluding carboxylic acids is 2. The lowest BCUT2D eigenvalue weighted by atomic mass is 9.88. The molecule has 1 aliphatic heterocycles. The molecule has 1 fully saturated rings. The van der Waals surface area contributed by atoms with Gasteiger partial charge in [0.15, 0.2) is 23.2 Å². The van der Waals surface area contributed by atoms with Gasteiger partial charge in [0, 0.05) is 11.5 Å². The number of nitrogens with one attached hydrogen (secondary N) is 1. The molecule has 0 bridgehead atoms. The molecular formula is C25H29F3N2O2. The zero-order valence-corrected chi connectivity index (χ0v) is 18.6. The number of nitrogens with zero attached hydrogens (tertiary/aromatic N) is 1. The fourth-order valence-electron chi connectivity index (χ4n) is 4.09. The Morgan fingerprint density at radius 3 is 2.19 bits per heavy atom. The number of piperidine rings is 1. The summed E-state index contributed by atoms with van der Waals surface area (Å²) in [5.74, 6) is -4.31. The molecule has 1 atom stereocenters. The number of ketones is 1. The third-order valence-electron chi connectivity index (χ3n) is 6.00. The molecule has 0 aliphatic carbocycles. The Balaban J connectivity index is 1.55. The molecule has 1 unspecified atom stereocenters. The topological polar surface area (TPSA) is 49.4 Å². The predicted molar refractivity (Wildman–Crippen MR) is 118 cm³/mol. The van der Waals surface area contributed by atoms with Crippen molar-refractivity contribution in [2.75, 3.05) is 18.4 Å². The van der Waals surface area contributed by atoms with Crippen molar-refractivity contribution in [3.05, 3.63) is 65.0 Å². The van der Waals surface area contributed by atoms with E-state index in [1.807, 2.05) is 29.2 Å². The smallest absolute Gasteiger partial charge is 0.241 e. The molecule has 172 valence electrons. The van der Waals surface area contributed by atoms with E-state index in [-0.39, 0.29) is 11.7 Å². The molecule has 32 heavy (non-hydrogen) atoms. The maximum Gasteiger partial charge on any atom is 0.241 e. The van der Waals surface area contributed by atoms with Crippen LogP contribution < -0.4 is 5.32 Å². The van der Waals surface area contributed by atoms with E-state index in [2.05, 4.69) is 19.2 Å². The molecule has 0 radical (unpaired) electrons. The van der Waals surface area contributed by atoms with Gasteiger partial charge in [0.05, 0.1) is 11.7 Å². The number of hydrogen-bond donors (Lipinski definition) is 1. The number of benzene rings is 2. The highest BCUT2D eigenvalue weighted by Gasteiger charge is 2.30. The summed E-state index contributed by atoms with van der Waals surface area (Å²) >= 11 is 0. The van der Waals surface area contributed by atoms with Gasteiger partial charge in [-0.05, 0) is 62.9 Å². The number of Topliss-reactive ketones (excluding diaryl/α,β-unsaturated/α-hetero) is 1. The van der Waals surface area contributed by atoms with Gasteiger partial charge < -0.3 is 5.32 Å². The van der Waals surface area contributed by atoms with E-state index in [4.69, 9.17) is 0 Å². The first-order chi connectivity index (χ1) is 15.2. The Morgan fingerprint density at radius 2 is 1.59 bits per heavy atom. The SMILES string of the molecule is CC(C)Cc1ccc(C(=O)C2CCN(C(C)C(=O)Nc3ccc(F)c(F)c3F)CC2)cc1. The standard InChI is InChI=1S/C25H29F3N2O2/c1-15(2)14-17-4-6-18(7-5-17)24(31)19-10-12-30(13-11-19)16(3)25(32)29-21-9-8-20(26)22(27)23(21)28/h4-9,15-16,19H,10-14H2,1-3H3,(H,29,32). The summed E-state index contributed by atoms with van der Waals surface area (Å²) < 4.78 is 40.3. The third kappa shape index (κ3) is 5.57. The van der Waals surface area contributed by atoms with Crippen molar-refractivity contribution in [3.63, 3.8) is 0 Å². The van der Waals surface area contributed by atoms with Crippen LogP contribution in [0.1, 0.15) is 49.5 Å². The lowest BCUT2D eigenvalue weighted by molar-refractivity contribution is -0.121. The Kier molecular flexibility index (Phi) is 7.72. The maximum atomic E-state index is 13.8. The molecule has 1 amide bonds. The number of anilines is 1. The van der Waals surface area contributed by atoms with Crippen molar-refractivity contribution >= 4 is 17.4 Å². The minimum atomic E-state index is -1.62. The van der Waals surface area contributed by atoms with E-state index in [0.29, 0.717) is 37.4 Å². The summed E-state index contributed by atoms with van der Waals surface area (Å²) in [5.41, 5.74) is 1.52. The fraction of sp³-hybridized carbons (Fsp3) is 0.440. The average molecular weight is 447 g/mol. The highest BCUT2D eigenvalue weighted by molar-refractivity contribution is 5.98. The van der Waals surface area contributed by atoms with Crippen molar-refractivity contribution in [2.45, 2.75) is 46.1 Å². The number of carbonyl (C=O) groups is 2.